The van der Waals surface area contributed by atoms with E-state index in [0.717, 1.165) is 38.1 Å². The first-order chi connectivity index (χ1) is 11.1. The largest absolute Gasteiger partial charge is 0.478 e. The number of carbonyl (C=O) groups excluding carboxylic acids is 1. The highest BCUT2D eigenvalue weighted by Crippen LogP contribution is 2.17. The van der Waals surface area contributed by atoms with Crippen LogP contribution < -0.4 is 10.1 Å². The summed E-state index contributed by atoms with van der Waals surface area (Å²) in [5.41, 5.74) is 0. The van der Waals surface area contributed by atoms with E-state index in [2.05, 4.69) is 22.1 Å². The summed E-state index contributed by atoms with van der Waals surface area (Å²) in [5, 5.41) is 2.77. The van der Waals surface area contributed by atoms with Crippen molar-refractivity contribution in [3.8, 4) is 17.6 Å². The van der Waals surface area contributed by atoms with Crippen LogP contribution in [0.4, 0.5) is 8.78 Å². The van der Waals surface area contributed by atoms with Gasteiger partial charge in [-0.2, -0.15) is 0 Å². The standard InChI is InChI=1S/C17H20F2N2O2/c1-21-9-4-5-13(12-21)17(22)20-8-2-3-10-23-16-7-6-14(18)11-15(16)19/h6-7,11,13H,4-5,8-10,12H2,1H3,(H,20,22). The third-order valence-corrected chi connectivity index (χ3v) is 3.67. The molecule has 1 aromatic rings. The number of piperidine rings is 1. The second-order valence-electron chi connectivity index (χ2n) is 5.54. The minimum atomic E-state index is -0.762. The van der Waals surface area contributed by atoms with Gasteiger partial charge in [0.25, 0.3) is 0 Å². The normalized spacial score (nSPS) is 18.0. The van der Waals surface area contributed by atoms with E-state index < -0.39 is 11.6 Å². The third-order valence-electron chi connectivity index (χ3n) is 3.67. The number of carbonyl (C=O) groups is 1. The fraction of sp³-hybridized carbons (Fsp3) is 0.471. The van der Waals surface area contributed by atoms with Crippen molar-refractivity contribution in [2.24, 2.45) is 5.92 Å². The molecule has 0 bridgehead atoms. The van der Waals surface area contributed by atoms with Crippen LogP contribution in [-0.4, -0.2) is 44.1 Å². The molecule has 0 aliphatic carbocycles. The predicted molar refractivity (Wildman–Crippen MR) is 82.9 cm³/mol. The average Bonchev–Trinajstić information content (AvgIpc) is 2.52. The van der Waals surface area contributed by atoms with Crippen LogP contribution in [0.2, 0.25) is 0 Å². The molecule has 0 radical (unpaired) electrons. The van der Waals surface area contributed by atoms with Crippen molar-refractivity contribution in [1.29, 1.82) is 0 Å². The SMILES string of the molecule is CN1CCCC(C(=O)NCC#CCOc2ccc(F)cc2F)C1. The van der Waals surface area contributed by atoms with Crippen molar-refractivity contribution in [2.45, 2.75) is 12.8 Å². The Balaban J connectivity index is 1.68. The highest BCUT2D eigenvalue weighted by atomic mass is 19.1. The van der Waals surface area contributed by atoms with Crippen molar-refractivity contribution in [1.82, 2.24) is 10.2 Å². The van der Waals surface area contributed by atoms with Gasteiger partial charge < -0.3 is 15.0 Å². The summed E-state index contributed by atoms with van der Waals surface area (Å²) in [7, 11) is 2.01. The van der Waals surface area contributed by atoms with E-state index in [1.165, 1.54) is 6.07 Å². The van der Waals surface area contributed by atoms with Gasteiger partial charge >= 0.3 is 0 Å². The molecule has 0 spiro atoms. The lowest BCUT2D eigenvalue weighted by Gasteiger charge is -2.28. The number of likely N-dealkylation sites (tertiary alicyclic amines) is 1. The molecule has 1 saturated heterocycles. The van der Waals surface area contributed by atoms with E-state index in [9.17, 15) is 13.6 Å². The van der Waals surface area contributed by atoms with Gasteiger partial charge in [0.05, 0.1) is 12.5 Å². The molecule has 1 aromatic carbocycles. The van der Waals surface area contributed by atoms with Crippen LogP contribution in [0.1, 0.15) is 12.8 Å². The maximum absolute atomic E-state index is 13.3. The molecule has 1 aliphatic rings. The lowest BCUT2D eigenvalue weighted by molar-refractivity contribution is -0.126. The Labute approximate surface area is 134 Å². The quantitative estimate of drug-likeness (QED) is 0.860. The molecule has 2 rings (SSSR count). The summed E-state index contributed by atoms with van der Waals surface area (Å²) in [6.45, 7) is 2.01. The predicted octanol–water partition coefficient (Wildman–Crippen LogP) is 1.80. The minimum Gasteiger partial charge on any atom is -0.478 e. The number of halogens is 2. The minimum absolute atomic E-state index is 0.0105. The van der Waals surface area contributed by atoms with Gasteiger partial charge in [-0.3, -0.25) is 4.79 Å². The number of amides is 1. The molecule has 1 fully saturated rings. The number of hydrogen-bond acceptors (Lipinski definition) is 3. The van der Waals surface area contributed by atoms with Crippen LogP contribution in [0, 0.1) is 29.4 Å². The molecular formula is C17H20F2N2O2. The van der Waals surface area contributed by atoms with Crippen molar-refractivity contribution < 1.29 is 18.3 Å². The Morgan fingerprint density at radius 2 is 2.26 bits per heavy atom. The first-order valence-electron chi connectivity index (χ1n) is 7.56. The maximum Gasteiger partial charge on any atom is 0.225 e. The zero-order chi connectivity index (χ0) is 16.7. The van der Waals surface area contributed by atoms with E-state index in [1.54, 1.807) is 0 Å². The van der Waals surface area contributed by atoms with Crippen LogP contribution >= 0.6 is 0 Å². The fourth-order valence-corrected chi connectivity index (χ4v) is 2.48. The summed E-state index contributed by atoms with van der Waals surface area (Å²) >= 11 is 0. The second-order valence-corrected chi connectivity index (χ2v) is 5.54. The highest BCUT2D eigenvalue weighted by molar-refractivity contribution is 5.79. The first kappa shape index (κ1) is 17.2. The third kappa shape index (κ3) is 5.53. The zero-order valence-electron chi connectivity index (χ0n) is 13.1. The van der Waals surface area contributed by atoms with Crippen LogP contribution in [0.5, 0.6) is 5.75 Å². The molecule has 6 heteroatoms. The van der Waals surface area contributed by atoms with Gasteiger partial charge in [0, 0.05) is 12.6 Å². The van der Waals surface area contributed by atoms with Gasteiger partial charge in [-0.1, -0.05) is 11.8 Å². The number of benzene rings is 1. The lowest BCUT2D eigenvalue weighted by atomic mass is 9.98. The molecule has 1 atom stereocenters. The van der Waals surface area contributed by atoms with Crippen LogP contribution in [-0.2, 0) is 4.79 Å². The Bertz CT molecular complexity index is 610. The molecule has 0 saturated carbocycles. The molecule has 23 heavy (non-hydrogen) atoms. The molecule has 124 valence electrons. The van der Waals surface area contributed by atoms with E-state index >= 15 is 0 Å². The summed E-state index contributed by atoms with van der Waals surface area (Å²) < 4.78 is 31.1. The van der Waals surface area contributed by atoms with Gasteiger partial charge in [-0.15, -0.1) is 0 Å². The number of rotatable bonds is 4. The smallest absolute Gasteiger partial charge is 0.225 e. The Hall–Kier alpha value is -2.13. The number of nitrogens with zero attached hydrogens (tertiary/aromatic N) is 1. The number of nitrogens with one attached hydrogen (secondary N) is 1. The topological polar surface area (TPSA) is 41.6 Å². The molecule has 1 amide bonds. The maximum atomic E-state index is 13.3. The van der Waals surface area contributed by atoms with E-state index in [-0.39, 0.29) is 30.7 Å². The lowest BCUT2D eigenvalue weighted by Crippen LogP contribution is -2.41. The molecular weight excluding hydrogens is 302 g/mol. The molecule has 4 nitrogen and oxygen atoms in total. The zero-order valence-corrected chi connectivity index (χ0v) is 13.1. The van der Waals surface area contributed by atoms with Crippen LogP contribution in [0.3, 0.4) is 0 Å². The van der Waals surface area contributed by atoms with E-state index in [1.807, 2.05) is 7.05 Å². The van der Waals surface area contributed by atoms with Gasteiger partial charge in [0.1, 0.15) is 12.4 Å². The Morgan fingerprint density at radius 3 is 3.00 bits per heavy atom. The average molecular weight is 322 g/mol. The number of ether oxygens (including phenoxy) is 1. The van der Waals surface area contributed by atoms with Gasteiger partial charge in [-0.25, -0.2) is 8.78 Å². The molecule has 1 aliphatic heterocycles. The molecule has 1 N–H and O–H groups in total. The first-order valence-corrected chi connectivity index (χ1v) is 7.56. The number of hydrogen-bond donors (Lipinski definition) is 1. The van der Waals surface area contributed by atoms with Crippen molar-refractivity contribution >= 4 is 5.91 Å². The second kappa shape index (κ2) is 8.49. The van der Waals surface area contributed by atoms with Crippen LogP contribution in [0.25, 0.3) is 0 Å². The van der Waals surface area contributed by atoms with Gasteiger partial charge in [0.15, 0.2) is 11.6 Å². The van der Waals surface area contributed by atoms with Gasteiger partial charge in [0.2, 0.25) is 5.91 Å². The summed E-state index contributed by atoms with van der Waals surface area (Å²) in [6, 6.07) is 3.09. The van der Waals surface area contributed by atoms with Crippen LogP contribution in [0.15, 0.2) is 18.2 Å². The van der Waals surface area contributed by atoms with Crippen molar-refractivity contribution in [3.05, 3.63) is 29.8 Å². The van der Waals surface area contributed by atoms with E-state index in [0.29, 0.717) is 0 Å². The fourth-order valence-electron chi connectivity index (χ4n) is 2.48. The van der Waals surface area contributed by atoms with E-state index in [4.69, 9.17) is 4.74 Å². The van der Waals surface area contributed by atoms with Crippen molar-refractivity contribution in [2.75, 3.05) is 33.3 Å². The summed E-state index contributed by atoms with van der Waals surface area (Å²) in [6.07, 6.45) is 1.92. The molecule has 1 unspecified atom stereocenters. The molecule has 0 aromatic heterocycles. The monoisotopic (exact) mass is 322 g/mol. The van der Waals surface area contributed by atoms with Gasteiger partial charge in [-0.05, 0) is 38.6 Å². The summed E-state index contributed by atoms with van der Waals surface area (Å²) in [4.78, 5) is 14.1. The summed E-state index contributed by atoms with van der Waals surface area (Å²) in [5.74, 6) is 4.00. The highest BCUT2D eigenvalue weighted by Gasteiger charge is 2.23. The Morgan fingerprint density at radius 1 is 1.43 bits per heavy atom. The van der Waals surface area contributed by atoms with Crippen molar-refractivity contribution in [3.63, 3.8) is 0 Å². The Kier molecular flexibility index (Phi) is 6.36. The molecule has 1 heterocycles.